The number of ether oxygens (including phenoxy) is 1. The molecule has 0 saturated carbocycles. The summed E-state index contributed by atoms with van der Waals surface area (Å²) in [4.78, 5) is 12.6. The first kappa shape index (κ1) is 18.3. The van der Waals surface area contributed by atoms with E-state index in [1.54, 1.807) is 19.1 Å². The fourth-order valence-corrected chi connectivity index (χ4v) is 2.78. The van der Waals surface area contributed by atoms with Gasteiger partial charge in [-0.05, 0) is 61.6 Å². The molecule has 0 aliphatic carbocycles. The quantitative estimate of drug-likeness (QED) is 0.778. The number of rotatable bonds is 5. The van der Waals surface area contributed by atoms with Crippen LogP contribution in [0.15, 0.2) is 36.4 Å². The van der Waals surface area contributed by atoms with Crippen LogP contribution in [0.2, 0.25) is 5.02 Å². The number of para-hydroxylation sites is 1. The van der Waals surface area contributed by atoms with Crippen LogP contribution in [0.5, 0.6) is 5.75 Å². The highest BCUT2D eigenvalue weighted by molar-refractivity contribution is 6.30. The van der Waals surface area contributed by atoms with Gasteiger partial charge in [-0.15, -0.1) is 0 Å². The zero-order valence-electron chi connectivity index (χ0n) is 14.8. The summed E-state index contributed by atoms with van der Waals surface area (Å²) in [7, 11) is 0. The second kappa shape index (κ2) is 7.71. The maximum atomic E-state index is 12.6. The molecule has 0 bridgehead atoms. The average Bonchev–Trinajstić information content (AvgIpc) is 2.51. The topological polar surface area (TPSA) is 38.3 Å². The Labute approximate surface area is 149 Å². The van der Waals surface area contributed by atoms with Crippen molar-refractivity contribution < 1.29 is 9.53 Å². The summed E-state index contributed by atoms with van der Waals surface area (Å²) in [6.07, 6.45) is -0.607. The first-order valence-corrected chi connectivity index (χ1v) is 8.50. The van der Waals surface area contributed by atoms with Gasteiger partial charge in [-0.3, -0.25) is 4.79 Å². The molecule has 0 radical (unpaired) electrons. The minimum absolute atomic E-state index is 0.166. The zero-order valence-corrected chi connectivity index (χ0v) is 15.6. The zero-order chi connectivity index (χ0) is 17.9. The molecule has 0 aliphatic heterocycles. The molecular formula is C20H24ClNO2. The Morgan fingerprint density at radius 2 is 1.79 bits per heavy atom. The molecular weight excluding hydrogens is 322 g/mol. The Balaban J connectivity index is 2.15. The van der Waals surface area contributed by atoms with Gasteiger partial charge in [0.1, 0.15) is 5.75 Å². The molecule has 2 rings (SSSR count). The third-order valence-electron chi connectivity index (χ3n) is 3.99. The summed E-state index contributed by atoms with van der Waals surface area (Å²) in [6.45, 7) is 9.87. The van der Waals surface area contributed by atoms with Gasteiger partial charge in [0.2, 0.25) is 0 Å². The van der Waals surface area contributed by atoms with E-state index in [0.29, 0.717) is 16.7 Å². The van der Waals surface area contributed by atoms with Crippen LogP contribution in [0.1, 0.15) is 43.4 Å². The Morgan fingerprint density at radius 3 is 2.42 bits per heavy atom. The van der Waals surface area contributed by atoms with E-state index in [2.05, 4.69) is 19.2 Å². The fourth-order valence-electron chi connectivity index (χ4n) is 2.56. The third-order valence-corrected chi connectivity index (χ3v) is 4.22. The average molecular weight is 346 g/mol. The van der Waals surface area contributed by atoms with Gasteiger partial charge in [0.05, 0.1) is 0 Å². The lowest BCUT2D eigenvalue weighted by Gasteiger charge is -2.20. The van der Waals surface area contributed by atoms with Crippen LogP contribution in [0.3, 0.4) is 0 Å². The van der Waals surface area contributed by atoms with Crippen LogP contribution in [0.25, 0.3) is 0 Å². The Hall–Kier alpha value is -2.00. The molecule has 1 amide bonds. The second-order valence-corrected chi connectivity index (χ2v) is 6.79. The monoisotopic (exact) mass is 345 g/mol. The predicted octanol–water partition coefficient (Wildman–Crippen LogP) is 5.49. The van der Waals surface area contributed by atoms with Crippen LogP contribution >= 0.6 is 11.6 Å². The number of aryl methyl sites for hydroxylation is 2. The summed E-state index contributed by atoms with van der Waals surface area (Å²) in [6, 6.07) is 11.4. The van der Waals surface area contributed by atoms with Gasteiger partial charge in [-0.2, -0.15) is 0 Å². The van der Waals surface area contributed by atoms with Crippen LogP contribution in [-0.4, -0.2) is 12.0 Å². The van der Waals surface area contributed by atoms with Crippen LogP contribution in [0.4, 0.5) is 5.69 Å². The van der Waals surface area contributed by atoms with Gasteiger partial charge in [0.25, 0.3) is 5.91 Å². The smallest absolute Gasteiger partial charge is 0.265 e. The van der Waals surface area contributed by atoms with Crippen molar-refractivity contribution in [2.45, 2.75) is 46.6 Å². The van der Waals surface area contributed by atoms with Crippen molar-refractivity contribution >= 4 is 23.2 Å². The lowest BCUT2D eigenvalue weighted by atomic mass is 9.98. The number of halogens is 1. The molecule has 128 valence electrons. The molecule has 2 aromatic rings. The highest BCUT2D eigenvalue weighted by Crippen LogP contribution is 2.28. The number of anilines is 1. The van der Waals surface area contributed by atoms with E-state index in [1.165, 1.54) is 0 Å². The van der Waals surface area contributed by atoms with E-state index in [9.17, 15) is 4.79 Å². The fraction of sp³-hybridized carbons (Fsp3) is 0.350. The second-order valence-electron chi connectivity index (χ2n) is 6.35. The first-order valence-electron chi connectivity index (χ1n) is 8.12. The van der Waals surface area contributed by atoms with E-state index in [4.69, 9.17) is 16.3 Å². The van der Waals surface area contributed by atoms with Crippen LogP contribution in [0, 0.1) is 13.8 Å². The summed E-state index contributed by atoms with van der Waals surface area (Å²) in [5, 5.41) is 3.67. The van der Waals surface area contributed by atoms with Gasteiger partial charge < -0.3 is 10.1 Å². The maximum absolute atomic E-state index is 12.6. The number of hydrogen-bond acceptors (Lipinski definition) is 2. The van der Waals surface area contributed by atoms with Gasteiger partial charge in [0, 0.05) is 10.7 Å². The van der Waals surface area contributed by atoms with Crippen molar-refractivity contribution in [1.82, 2.24) is 0 Å². The highest BCUT2D eigenvalue weighted by Gasteiger charge is 2.19. The van der Waals surface area contributed by atoms with Crippen molar-refractivity contribution in [2.24, 2.45) is 0 Å². The van der Waals surface area contributed by atoms with E-state index in [1.807, 2.05) is 38.1 Å². The molecule has 0 unspecified atom stereocenters. The molecule has 1 atom stereocenters. The molecule has 0 aliphatic rings. The largest absolute Gasteiger partial charge is 0.481 e. The summed E-state index contributed by atoms with van der Waals surface area (Å²) >= 11 is 5.95. The molecule has 24 heavy (non-hydrogen) atoms. The number of carbonyl (C=O) groups excluding carboxylic acids is 1. The summed E-state index contributed by atoms with van der Waals surface area (Å²) in [5.74, 6) is 0.825. The SMILES string of the molecule is Cc1cc(Cl)ccc1O[C@H](C)C(=O)Nc1c(C)cccc1C(C)C. The van der Waals surface area contributed by atoms with E-state index >= 15 is 0 Å². The Bertz CT molecular complexity index is 740. The first-order chi connectivity index (χ1) is 11.3. The van der Waals surface area contributed by atoms with E-state index in [0.717, 1.165) is 22.4 Å². The predicted molar refractivity (Wildman–Crippen MR) is 100 cm³/mol. The van der Waals surface area contributed by atoms with Gasteiger partial charge in [-0.25, -0.2) is 0 Å². The highest BCUT2D eigenvalue weighted by atomic mass is 35.5. The van der Waals surface area contributed by atoms with Gasteiger partial charge >= 0.3 is 0 Å². The van der Waals surface area contributed by atoms with Crippen LogP contribution < -0.4 is 10.1 Å². The van der Waals surface area contributed by atoms with Crippen molar-refractivity contribution in [2.75, 3.05) is 5.32 Å². The number of hydrogen-bond donors (Lipinski definition) is 1. The van der Waals surface area contributed by atoms with Crippen molar-refractivity contribution in [3.8, 4) is 5.75 Å². The minimum Gasteiger partial charge on any atom is -0.481 e. The number of carbonyl (C=O) groups is 1. The standard InChI is InChI=1S/C20H24ClNO2/c1-12(2)17-8-6-7-13(3)19(17)22-20(23)15(5)24-18-10-9-16(21)11-14(18)4/h6-12,15H,1-5H3,(H,22,23)/t15-/m1/s1. The molecule has 1 N–H and O–H groups in total. The molecule has 0 spiro atoms. The van der Waals surface area contributed by atoms with Crippen LogP contribution in [-0.2, 0) is 4.79 Å². The van der Waals surface area contributed by atoms with E-state index < -0.39 is 6.10 Å². The minimum atomic E-state index is -0.607. The summed E-state index contributed by atoms with van der Waals surface area (Å²) < 4.78 is 5.80. The number of nitrogens with one attached hydrogen (secondary N) is 1. The van der Waals surface area contributed by atoms with Gasteiger partial charge in [0.15, 0.2) is 6.10 Å². The summed E-state index contributed by atoms with van der Waals surface area (Å²) in [5.41, 5.74) is 3.95. The molecule has 0 aromatic heterocycles. The molecule has 4 heteroatoms. The number of amides is 1. The number of benzene rings is 2. The molecule has 0 heterocycles. The molecule has 0 saturated heterocycles. The maximum Gasteiger partial charge on any atom is 0.265 e. The van der Waals surface area contributed by atoms with Gasteiger partial charge in [-0.1, -0.05) is 43.6 Å². The van der Waals surface area contributed by atoms with Crippen molar-refractivity contribution in [1.29, 1.82) is 0 Å². The van der Waals surface area contributed by atoms with E-state index in [-0.39, 0.29) is 5.91 Å². The molecule has 0 fully saturated rings. The lowest BCUT2D eigenvalue weighted by Crippen LogP contribution is -2.31. The van der Waals surface area contributed by atoms with Crippen molar-refractivity contribution in [3.63, 3.8) is 0 Å². The third kappa shape index (κ3) is 4.30. The normalized spacial score (nSPS) is 12.1. The molecule has 2 aromatic carbocycles. The lowest BCUT2D eigenvalue weighted by molar-refractivity contribution is -0.122. The molecule has 3 nitrogen and oxygen atoms in total. The Morgan fingerprint density at radius 1 is 1.08 bits per heavy atom. The van der Waals surface area contributed by atoms with Crippen molar-refractivity contribution in [3.05, 3.63) is 58.1 Å². The Kier molecular flexibility index (Phi) is 5.89.